The molecule has 142 valence electrons. The second-order valence-electron chi connectivity index (χ2n) is 6.38. The lowest BCUT2D eigenvalue weighted by Gasteiger charge is -2.13. The third-order valence-electron chi connectivity index (χ3n) is 4.46. The molecule has 0 fully saturated rings. The fourth-order valence-electron chi connectivity index (χ4n) is 2.97. The van der Waals surface area contributed by atoms with Crippen molar-refractivity contribution in [2.24, 2.45) is 0 Å². The second kappa shape index (κ2) is 8.04. The number of hydrogen-bond acceptors (Lipinski definition) is 7. The normalized spacial score (nSPS) is 12.1. The molecule has 0 unspecified atom stereocenters. The highest BCUT2D eigenvalue weighted by Crippen LogP contribution is 2.35. The predicted octanol–water partition coefficient (Wildman–Crippen LogP) is 4.56. The summed E-state index contributed by atoms with van der Waals surface area (Å²) in [4.78, 5) is 28.3. The SMILES string of the molecule is Cc1c(C(=O)NCc2ccncc2)sc2ncnc(N[C@H](C)c3cccs3)c12. The second-order valence-corrected chi connectivity index (χ2v) is 8.36. The van der Waals surface area contributed by atoms with Gasteiger partial charge in [0, 0.05) is 23.8 Å². The smallest absolute Gasteiger partial charge is 0.261 e. The molecule has 4 aromatic heterocycles. The number of amides is 1. The molecule has 6 nitrogen and oxygen atoms in total. The number of nitrogens with one attached hydrogen (secondary N) is 2. The quantitative estimate of drug-likeness (QED) is 0.488. The van der Waals surface area contributed by atoms with E-state index in [0.717, 1.165) is 27.2 Å². The lowest BCUT2D eigenvalue weighted by atomic mass is 10.1. The van der Waals surface area contributed by atoms with Gasteiger partial charge in [-0.25, -0.2) is 9.97 Å². The number of thiophene rings is 2. The highest BCUT2D eigenvalue weighted by molar-refractivity contribution is 7.20. The van der Waals surface area contributed by atoms with E-state index < -0.39 is 0 Å². The zero-order valence-electron chi connectivity index (χ0n) is 15.5. The van der Waals surface area contributed by atoms with Gasteiger partial charge in [-0.1, -0.05) is 6.07 Å². The highest BCUT2D eigenvalue weighted by Gasteiger charge is 2.20. The Bertz CT molecular complexity index is 1090. The van der Waals surface area contributed by atoms with Crippen LogP contribution in [0.5, 0.6) is 0 Å². The molecule has 0 spiro atoms. The van der Waals surface area contributed by atoms with Crippen LogP contribution in [-0.4, -0.2) is 20.9 Å². The summed E-state index contributed by atoms with van der Waals surface area (Å²) in [6.45, 7) is 4.51. The number of aromatic nitrogens is 3. The van der Waals surface area contributed by atoms with Crippen LogP contribution in [0.3, 0.4) is 0 Å². The van der Waals surface area contributed by atoms with Crippen LogP contribution in [0.1, 0.15) is 38.6 Å². The number of pyridine rings is 1. The van der Waals surface area contributed by atoms with E-state index in [4.69, 9.17) is 0 Å². The minimum Gasteiger partial charge on any atom is -0.362 e. The Hall–Kier alpha value is -2.84. The Morgan fingerprint density at radius 3 is 2.79 bits per heavy atom. The number of hydrogen-bond donors (Lipinski definition) is 2. The summed E-state index contributed by atoms with van der Waals surface area (Å²) in [6, 6.07) is 8.03. The Morgan fingerprint density at radius 1 is 1.21 bits per heavy atom. The zero-order valence-corrected chi connectivity index (χ0v) is 17.1. The molecule has 2 N–H and O–H groups in total. The first kappa shape index (κ1) is 18.5. The number of carbonyl (C=O) groups excluding carboxylic acids is 1. The lowest BCUT2D eigenvalue weighted by Crippen LogP contribution is -2.22. The van der Waals surface area contributed by atoms with Crippen LogP contribution in [0.2, 0.25) is 0 Å². The first-order chi connectivity index (χ1) is 13.6. The maximum Gasteiger partial charge on any atom is 0.261 e. The molecule has 4 rings (SSSR count). The Balaban J connectivity index is 1.59. The molecule has 0 aliphatic heterocycles. The van der Waals surface area contributed by atoms with Crippen molar-refractivity contribution in [1.82, 2.24) is 20.3 Å². The van der Waals surface area contributed by atoms with E-state index in [0.29, 0.717) is 11.4 Å². The van der Waals surface area contributed by atoms with Gasteiger partial charge in [-0.3, -0.25) is 9.78 Å². The summed E-state index contributed by atoms with van der Waals surface area (Å²) < 4.78 is 0. The van der Waals surface area contributed by atoms with E-state index in [-0.39, 0.29) is 11.9 Å². The van der Waals surface area contributed by atoms with Crippen molar-refractivity contribution in [1.29, 1.82) is 0 Å². The average Bonchev–Trinajstić information content (AvgIpc) is 3.36. The minimum atomic E-state index is -0.102. The van der Waals surface area contributed by atoms with Gasteiger partial charge >= 0.3 is 0 Å². The van der Waals surface area contributed by atoms with E-state index in [1.807, 2.05) is 25.1 Å². The fraction of sp³-hybridized carbons (Fsp3) is 0.200. The van der Waals surface area contributed by atoms with Crippen LogP contribution in [0, 0.1) is 6.92 Å². The van der Waals surface area contributed by atoms with Crippen molar-refractivity contribution in [3.63, 3.8) is 0 Å². The third kappa shape index (κ3) is 3.74. The number of anilines is 1. The van der Waals surface area contributed by atoms with E-state index in [9.17, 15) is 4.79 Å². The van der Waals surface area contributed by atoms with Crippen molar-refractivity contribution in [2.45, 2.75) is 26.4 Å². The van der Waals surface area contributed by atoms with Gasteiger partial charge in [0.25, 0.3) is 5.91 Å². The molecular weight excluding hydrogens is 390 g/mol. The Morgan fingerprint density at radius 2 is 2.04 bits per heavy atom. The number of rotatable bonds is 6. The van der Waals surface area contributed by atoms with Gasteiger partial charge in [0.1, 0.15) is 17.0 Å². The first-order valence-electron chi connectivity index (χ1n) is 8.84. The van der Waals surface area contributed by atoms with Crippen LogP contribution in [0.4, 0.5) is 5.82 Å². The molecule has 0 bridgehead atoms. The van der Waals surface area contributed by atoms with Crippen LogP contribution >= 0.6 is 22.7 Å². The van der Waals surface area contributed by atoms with Crippen LogP contribution < -0.4 is 10.6 Å². The molecule has 28 heavy (non-hydrogen) atoms. The maximum absolute atomic E-state index is 12.7. The fourth-order valence-corrected chi connectivity index (χ4v) is 4.77. The molecule has 1 amide bonds. The average molecular weight is 410 g/mol. The van der Waals surface area contributed by atoms with E-state index >= 15 is 0 Å². The van der Waals surface area contributed by atoms with Gasteiger partial charge < -0.3 is 10.6 Å². The summed E-state index contributed by atoms with van der Waals surface area (Å²) in [7, 11) is 0. The predicted molar refractivity (Wildman–Crippen MR) is 114 cm³/mol. The molecule has 8 heteroatoms. The van der Waals surface area contributed by atoms with Crippen LogP contribution in [0.15, 0.2) is 48.4 Å². The summed E-state index contributed by atoms with van der Waals surface area (Å²) in [6.07, 6.45) is 4.98. The number of fused-ring (bicyclic) bond motifs is 1. The topological polar surface area (TPSA) is 79.8 Å². The molecule has 0 radical (unpaired) electrons. The molecule has 0 aliphatic rings. The van der Waals surface area contributed by atoms with Gasteiger partial charge in [0.2, 0.25) is 0 Å². The number of nitrogens with zero attached hydrogens (tertiary/aromatic N) is 3. The van der Waals surface area contributed by atoms with Crippen molar-refractivity contribution in [3.05, 3.63) is 69.2 Å². The van der Waals surface area contributed by atoms with Crippen LogP contribution in [-0.2, 0) is 6.54 Å². The number of carbonyl (C=O) groups is 1. The molecule has 4 heterocycles. The molecule has 1 atom stereocenters. The molecule has 0 aliphatic carbocycles. The molecule has 4 aromatic rings. The van der Waals surface area contributed by atoms with Crippen LogP contribution in [0.25, 0.3) is 10.2 Å². The third-order valence-corrected chi connectivity index (χ3v) is 6.71. The van der Waals surface area contributed by atoms with Gasteiger partial charge in [0.05, 0.1) is 16.3 Å². The summed E-state index contributed by atoms with van der Waals surface area (Å²) in [5, 5.41) is 9.41. The largest absolute Gasteiger partial charge is 0.362 e. The van der Waals surface area contributed by atoms with Gasteiger partial charge in [-0.2, -0.15) is 0 Å². The van der Waals surface area contributed by atoms with Crippen molar-refractivity contribution in [2.75, 3.05) is 5.32 Å². The molecular formula is C20H19N5OS2. The molecule has 0 saturated heterocycles. The maximum atomic E-state index is 12.7. The van der Waals surface area contributed by atoms with Crippen molar-refractivity contribution in [3.8, 4) is 0 Å². The Labute approximate surface area is 170 Å². The van der Waals surface area contributed by atoms with E-state index in [1.54, 1.807) is 30.1 Å². The van der Waals surface area contributed by atoms with E-state index in [1.165, 1.54) is 16.2 Å². The standard InChI is InChI=1S/C20H19N5OS2/c1-12-16-18(25-13(2)15-4-3-9-27-15)23-11-24-20(16)28-17(12)19(26)22-10-14-5-7-21-8-6-14/h3-9,11,13H,10H2,1-2H3,(H,22,26)(H,23,24,25)/t13-/m1/s1. The van der Waals surface area contributed by atoms with Gasteiger partial charge in [-0.05, 0) is 48.6 Å². The van der Waals surface area contributed by atoms with Crippen molar-refractivity contribution >= 4 is 44.6 Å². The minimum absolute atomic E-state index is 0.102. The monoisotopic (exact) mass is 409 g/mol. The zero-order chi connectivity index (χ0) is 19.5. The summed E-state index contributed by atoms with van der Waals surface area (Å²) in [5.41, 5.74) is 1.91. The summed E-state index contributed by atoms with van der Waals surface area (Å²) in [5.74, 6) is 0.655. The molecule has 0 saturated carbocycles. The number of aryl methyl sites for hydroxylation is 1. The van der Waals surface area contributed by atoms with Gasteiger partial charge in [-0.15, -0.1) is 22.7 Å². The van der Waals surface area contributed by atoms with Crippen molar-refractivity contribution < 1.29 is 4.79 Å². The Kier molecular flexibility index (Phi) is 5.31. The lowest BCUT2D eigenvalue weighted by molar-refractivity contribution is 0.0954. The molecule has 0 aromatic carbocycles. The highest BCUT2D eigenvalue weighted by atomic mass is 32.1. The first-order valence-corrected chi connectivity index (χ1v) is 10.5. The van der Waals surface area contributed by atoms with E-state index in [2.05, 4.69) is 44.0 Å². The summed E-state index contributed by atoms with van der Waals surface area (Å²) >= 11 is 3.10. The van der Waals surface area contributed by atoms with Gasteiger partial charge in [0.15, 0.2) is 0 Å².